The van der Waals surface area contributed by atoms with Gasteiger partial charge in [0.25, 0.3) is 0 Å². The molecule has 0 fully saturated rings. The molecule has 0 amide bonds. The van der Waals surface area contributed by atoms with Crippen molar-refractivity contribution in [3.05, 3.63) is 18.0 Å². The fourth-order valence-electron chi connectivity index (χ4n) is 1.40. The molecule has 0 saturated heterocycles. The summed E-state index contributed by atoms with van der Waals surface area (Å²) in [6.07, 6.45) is 1.03. The SMILES string of the molecule is CCC(C)(C)c1nc2nc(N)ccc2[nH]1. The van der Waals surface area contributed by atoms with Crippen LogP contribution >= 0.6 is 0 Å². The van der Waals surface area contributed by atoms with Crippen molar-refractivity contribution >= 4 is 17.0 Å². The van der Waals surface area contributed by atoms with Crippen molar-refractivity contribution in [3.63, 3.8) is 0 Å². The highest BCUT2D eigenvalue weighted by Crippen LogP contribution is 2.25. The van der Waals surface area contributed by atoms with Crippen molar-refractivity contribution in [1.82, 2.24) is 15.0 Å². The molecule has 2 aromatic rings. The molecule has 4 heteroatoms. The maximum Gasteiger partial charge on any atom is 0.179 e. The van der Waals surface area contributed by atoms with Gasteiger partial charge in [-0.1, -0.05) is 20.8 Å². The molecule has 0 unspecified atom stereocenters. The average molecular weight is 204 g/mol. The Kier molecular flexibility index (Phi) is 2.14. The quantitative estimate of drug-likeness (QED) is 0.788. The van der Waals surface area contributed by atoms with Gasteiger partial charge in [-0.3, -0.25) is 0 Å². The third-order valence-electron chi connectivity index (χ3n) is 2.89. The van der Waals surface area contributed by atoms with E-state index in [0.29, 0.717) is 11.5 Å². The van der Waals surface area contributed by atoms with Gasteiger partial charge in [0.15, 0.2) is 5.65 Å². The van der Waals surface area contributed by atoms with Crippen LogP contribution in [-0.4, -0.2) is 15.0 Å². The number of aromatic nitrogens is 3. The highest BCUT2D eigenvalue weighted by molar-refractivity contribution is 5.72. The second-order valence-electron chi connectivity index (χ2n) is 4.43. The summed E-state index contributed by atoms with van der Waals surface area (Å²) in [5.74, 6) is 1.48. The minimum absolute atomic E-state index is 0.0511. The molecule has 4 nitrogen and oxygen atoms in total. The number of hydrogen-bond donors (Lipinski definition) is 2. The first-order valence-electron chi connectivity index (χ1n) is 5.15. The van der Waals surface area contributed by atoms with Crippen LogP contribution in [0.25, 0.3) is 11.2 Å². The number of nitrogens with zero attached hydrogens (tertiary/aromatic N) is 2. The molecule has 0 aromatic carbocycles. The van der Waals surface area contributed by atoms with Crippen LogP contribution in [0, 0.1) is 0 Å². The molecule has 15 heavy (non-hydrogen) atoms. The van der Waals surface area contributed by atoms with Crippen LogP contribution in [0.5, 0.6) is 0 Å². The Labute approximate surface area is 88.9 Å². The fraction of sp³-hybridized carbons (Fsp3) is 0.455. The third kappa shape index (κ3) is 1.67. The zero-order valence-electron chi connectivity index (χ0n) is 9.33. The number of nitrogens with one attached hydrogen (secondary N) is 1. The normalized spacial score (nSPS) is 12.2. The number of imidazole rings is 1. The van der Waals surface area contributed by atoms with Gasteiger partial charge in [-0.2, -0.15) is 0 Å². The van der Waals surface area contributed by atoms with Gasteiger partial charge < -0.3 is 10.7 Å². The Morgan fingerprint density at radius 2 is 2.07 bits per heavy atom. The zero-order valence-corrected chi connectivity index (χ0v) is 9.33. The number of H-pyrrole nitrogens is 1. The van der Waals surface area contributed by atoms with E-state index in [-0.39, 0.29) is 5.41 Å². The minimum atomic E-state index is 0.0511. The maximum atomic E-state index is 5.61. The predicted molar refractivity (Wildman–Crippen MR) is 61.6 cm³/mol. The summed E-state index contributed by atoms with van der Waals surface area (Å²) in [6, 6.07) is 3.70. The Morgan fingerprint density at radius 1 is 1.33 bits per heavy atom. The number of aromatic amines is 1. The van der Waals surface area contributed by atoms with Crippen molar-refractivity contribution in [3.8, 4) is 0 Å². The van der Waals surface area contributed by atoms with Crippen LogP contribution in [0.1, 0.15) is 33.0 Å². The van der Waals surface area contributed by atoms with Crippen LogP contribution in [0.3, 0.4) is 0 Å². The molecule has 0 aliphatic rings. The molecule has 2 aromatic heterocycles. The lowest BCUT2D eigenvalue weighted by Gasteiger charge is -2.18. The molecule has 0 bridgehead atoms. The highest BCUT2D eigenvalue weighted by atomic mass is 15.0. The molecule has 0 saturated carbocycles. The zero-order chi connectivity index (χ0) is 11.1. The third-order valence-corrected chi connectivity index (χ3v) is 2.89. The molecule has 0 atom stereocenters. The molecule has 80 valence electrons. The molecular formula is C11H16N4. The van der Waals surface area contributed by atoms with E-state index in [1.807, 2.05) is 6.07 Å². The first-order chi connectivity index (χ1) is 7.03. The Bertz CT molecular complexity index is 484. The molecule has 2 rings (SSSR count). The average Bonchev–Trinajstić information content (AvgIpc) is 2.61. The van der Waals surface area contributed by atoms with Crippen LogP contribution in [0.15, 0.2) is 12.1 Å². The number of hydrogen-bond acceptors (Lipinski definition) is 3. The van der Waals surface area contributed by atoms with E-state index < -0.39 is 0 Å². The lowest BCUT2D eigenvalue weighted by Crippen LogP contribution is -2.17. The lowest BCUT2D eigenvalue weighted by atomic mass is 9.90. The summed E-state index contributed by atoms with van der Waals surface area (Å²) in [5, 5.41) is 0. The van der Waals surface area contributed by atoms with Crippen molar-refractivity contribution in [1.29, 1.82) is 0 Å². The van der Waals surface area contributed by atoms with Gasteiger partial charge in [-0.05, 0) is 18.6 Å². The first kappa shape index (κ1) is 9.96. The minimum Gasteiger partial charge on any atom is -0.384 e. The van der Waals surface area contributed by atoms with E-state index in [2.05, 4.69) is 35.7 Å². The molecule has 0 aliphatic carbocycles. The Balaban J connectivity index is 2.56. The van der Waals surface area contributed by atoms with E-state index in [4.69, 9.17) is 5.73 Å². The second-order valence-corrected chi connectivity index (χ2v) is 4.43. The second kappa shape index (κ2) is 3.22. The van der Waals surface area contributed by atoms with Crippen molar-refractivity contribution in [2.24, 2.45) is 0 Å². The van der Waals surface area contributed by atoms with Crippen molar-refractivity contribution in [2.45, 2.75) is 32.6 Å². The number of fused-ring (bicyclic) bond motifs is 1. The predicted octanol–water partition coefficient (Wildman–Crippen LogP) is 2.23. The van der Waals surface area contributed by atoms with E-state index in [9.17, 15) is 0 Å². The topological polar surface area (TPSA) is 67.6 Å². The summed E-state index contributed by atoms with van der Waals surface area (Å²) >= 11 is 0. The monoisotopic (exact) mass is 204 g/mol. The van der Waals surface area contributed by atoms with Gasteiger partial charge >= 0.3 is 0 Å². The van der Waals surface area contributed by atoms with Gasteiger partial charge in [0.05, 0.1) is 5.52 Å². The van der Waals surface area contributed by atoms with E-state index >= 15 is 0 Å². The first-order valence-corrected chi connectivity index (χ1v) is 5.15. The van der Waals surface area contributed by atoms with Gasteiger partial charge in [0, 0.05) is 5.41 Å². The number of nitrogen functional groups attached to an aromatic ring is 1. The van der Waals surface area contributed by atoms with Gasteiger partial charge in [0.1, 0.15) is 11.6 Å². The molecule has 0 aliphatic heterocycles. The summed E-state index contributed by atoms with van der Waals surface area (Å²) < 4.78 is 0. The lowest BCUT2D eigenvalue weighted by molar-refractivity contribution is 0.479. The van der Waals surface area contributed by atoms with Crippen molar-refractivity contribution in [2.75, 3.05) is 5.73 Å². The number of anilines is 1. The molecule has 0 radical (unpaired) electrons. The van der Waals surface area contributed by atoms with Gasteiger partial charge in [-0.25, -0.2) is 9.97 Å². The maximum absolute atomic E-state index is 5.61. The summed E-state index contributed by atoms with van der Waals surface area (Å²) in [6.45, 7) is 6.47. The van der Waals surface area contributed by atoms with Crippen LogP contribution in [0.4, 0.5) is 5.82 Å². The smallest absolute Gasteiger partial charge is 0.179 e. The van der Waals surface area contributed by atoms with E-state index in [0.717, 1.165) is 17.8 Å². The van der Waals surface area contributed by atoms with E-state index in [1.165, 1.54) is 0 Å². The summed E-state index contributed by atoms with van der Waals surface area (Å²) in [7, 11) is 0. The molecule has 0 spiro atoms. The molecule has 2 heterocycles. The molecule has 3 N–H and O–H groups in total. The van der Waals surface area contributed by atoms with Crippen LogP contribution < -0.4 is 5.73 Å². The van der Waals surface area contributed by atoms with Gasteiger partial charge in [-0.15, -0.1) is 0 Å². The van der Waals surface area contributed by atoms with E-state index in [1.54, 1.807) is 6.07 Å². The number of pyridine rings is 1. The standard InChI is InChI=1S/C11H16N4/c1-4-11(2,3)10-13-7-5-6-8(12)14-9(7)15-10/h5-6H,4H2,1-3H3,(H3,12,13,14,15). The molecular weight excluding hydrogens is 188 g/mol. The largest absolute Gasteiger partial charge is 0.384 e. The van der Waals surface area contributed by atoms with Crippen LogP contribution in [-0.2, 0) is 5.41 Å². The highest BCUT2D eigenvalue weighted by Gasteiger charge is 2.22. The van der Waals surface area contributed by atoms with Crippen molar-refractivity contribution < 1.29 is 0 Å². The Morgan fingerprint density at radius 3 is 2.73 bits per heavy atom. The van der Waals surface area contributed by atoms with Gasteiger partial charge in [0.2, 0.25) is 0 Å². The Hall–Kier alpha value is -1.58. The number of nitrogens with two attached hydrogens (primary N) is 1. The number of rotatable bonds is 2. The van der Waals surface area contributed by atoms with Crippen LogP contribution in [0.2, 0.25) is 0 Å². The fourth-order valence-corrected chi connectivity index (χ4v) is 1.40. The summed E-state index contributed by atoms with van der Waals surface area (Å²) in [5.41, 5.74) is 7.31. The summed E-state index contributed by atoms with van der Waals surface area (Å²) in [4.78, 5) is 11.9.